The number of H-pyrrole nitrogens is 2. The molecular formula is C24H27N5O4. The maximum Gasteiger partial charge on any atom is 0.268 e. The summed E-state index contributed by atoms with van der Waals surface area (Å²) < 4.78 is 5.33. The van der Waals surface area contributed by atoms with Gasteiger partial charge in [0.15, 0.2) is 0 Å². The molecule has 0 bridgehead atoms. The van der Waals surface area contributed by atoms with Gasteiger partial charge in [0.1, 0.15) is 23.5 Å². The first kappa shape index (κ1) is 23.6. The zero-order valence-electron chi connectivity index (χ0n) is 18.8. The zero-order chi connectivity index (χ0) is 24.0. The fraction of sp³-hybridized carbons (Fsp3) is 0.333. The van der Waals surface area contributed by atoms with E-state index >= 15 is 0 Å². The van der Waals surface area contributed by atoms with Gasteiger partial charge in [0.25, 0.3) is 11.5 Å². The van der Waals surface area contributed by atoms with Crippen LogP contribution < -0.4 is 20.9 Å². The van der Waals surface area contributed by atoms with Crippen molar-refractivity contribution >= 4 is 22.7 Å². The van der Waals surface area contributed by atoms with Crippen molar-refractivity contribution in [2.24, 2.45) is 5.92 Å². The molecule has 0 saturated heterocycles. The summed E-state index contributed by atoms with van der Waals surface area (Å²) in [6.45, 7) is 3.87. The SMILES string of the molecule is COc1cccc2[nH]c(C(=O)N[C@@H](CC(C)C)C(=O)N[C@H](C#N)Cc3ccc[nH]c3=O)cc12. The second-order valence-electron chi connectivity index (χ2n) is 8.18. The molecule has 3 aromatic rings. The number of nitrogens with zero attached hydrogens (tertiary/aromatic N) is 1. The number of rotatable bonds is 9. The Bertz CT molecular complexity index is 1240. The number of carbonyl (C=O) groups excluding carboxylic acids is 2. The number of nitrogens with one attached hydrogen (secondary N) is 4. The van der Waals surface area contributed by atoms with Crippen molar-refractivity contribution in [1.29, 1.82) is 5.26 Å². The van der Waals surface area contributed by atoms with Crippen molar-refractivity contribution in [3.8, 4) is 11.8 Å². The summed E-state index contributed by atoms with van der Waals surface area (Å²) in [5.41, 5.74) is 1.11. The van der Waals surface area contributed by atoms with E-state index in [9.17, 15) is 19.6 Å². The Kier molecular flexibility index (Phi) is 7.51. The van der Waals surface area contributed by atoms with E-state index in [0.29, 0.717) is 23.4 Å². The molecule has 0 fully saturated rings. The molecule has 9 heteroatoms. The Balaban J connectivity index is 1.75. The van der Waals surface area contributed by atoms with E-state index in [1.807, 2.05) is 32.0 Å². The molecule has 3 rings (SSSR count). The summed E-state index contributed by atoms with van der Waals surface area (Å²) in [4.78, 5) is 43.4. The normalized spacial score (nSPS) is 12.7. The Hall–Kier alpha value is -4.06. The van der Waals surface area contributed by atoms with E-state index in [2.05, 4.69) is 20.6 Å². The minimum Gasteiger partial charge on any atom is -0.496 e. The van der Waals surface area contributed by atoms with Gasteiger partial charge >= 0.3 is 0 Å². The molecule has 172 valence electrons. The molecule has 0 aliphatic carbocycles. The van der Waals surface area contributed by atoms with Gasteiger partial charge in [-0.3, -0.25) is 14.4 Å². The molecule has 4 N–H and O–H groups in total. The molecule has 0 aliphatic rings. The van der Waals surface area contributed by atoms with Crippen LogP contribution in [-0.4, -0.2) is 41.0 Å². The number of nitriles is 1. The molecule has 0 saturated carbocycles. The van der Waals surface area contributed by atoms with Crippen LogP contribution in [0.3, 0.4) is 0 Å². The molecule has 0 radical (unpaired) electrons. The smallest absolute Gasteiger partial charge is 0.268 e. The summed E-state index contributed by atoms with van der Waals surface area (Å²) in [5.74, 6) is -0.180. The van der Waals surface area contributed by atoms with Crippen molar-refractivity contribution in [2.45, 2.75) is 38.8 Å². The van der Waals surface area contributed by atoms with Crippen LogP contribution in [0, 0.1) is 17.2 Å². The fourth-order valence-electron chi connectivity index (χ4n) is 3.60. The van der Waals surface area contributed by atoms with Crippen molar-refractivity contribution in [3.63, 3.8) is 0 Å². The van der Waals surface area contributed by atoms with Crippen LogP contribution in [-0.2, 0) is 11.2 Å². The molecule has 1 aromatic carbocycles. The molecule has 2 aromatic heterocycles. The molecule has 2 heterocycles. The molecule has 2 amide bonds. The Morgan fingerprint density at radius 2 is 1.97 bits per heavy atom. The molecule has 33 heavy (non-hydrogen) atoms. The maximum absolute atomic E-state index is 13.0. The van der Waals surface area contributed by atoms with Gasteiger partial charge in [0, 0.05) is 29.1 Å². The van der Waals surface area contributed by atoms with Gasteiger partial charge in [-0.15, -0.1) is 0 Å². The number of aromatic amines is 2. The second kappa shape index (κ2) is 10.5. The van der Waals surface area contributed by atoms with Gasteiger partial charge in [0.2, 0.25) is 5.91 Å². The van der Waals surface area contributed by atoms with E-state index < -0.39 is 23.9 Å². The number of aromatic nitrogens is 2. The lowest BCUT2D eigenvalue weighted by Crippen LogP contribution is -2.50. The average Bonchev–Trinajstić information content (AvgIpc) is 3.24. The molecule has 0 spiro atoms. The molecular weight excluding hydrogens is 422 g/mol. The highest BCUT2D eigenvalue weighted by Gasteiger charge is 2.26. The minimum atomic E-state index is -0.912. The highest BCUT2D eigenvalue weighted by atomic mass is 16.5. The summed E-state index contributed by atoms with van der Waals surface area (Å²) >= 11 is 0. The van der Waals surface area contributed by atoms with Crippen molar-refractivity contribution in [1.82, 2.24) is 20.6 Å². The van der Waals surface area contributed by atoms with E-state index in [-0.39, 0.29) is 17.9 Å². The minimum absolute atomic E-state index is 0.0581. The van der Waals surface area contributed by atoms with Gasteiger partial charge in [0.05, 0.1) is 13.2 Å². The third kappa shape index (κ3) is 5.80. The number of hydrogen-bond acceptors (Lipinski definition) is 5. The average molecular weight is 450 g/mol. The van der Waals surface area contributed by atoms with Crippen LogP contribution in [0.2, 0.25) is 0 Å². The predicted octanol–water partition coefficient (Wildman–Crippen LogP) is 2.26. The lowest BCUT2D eigenvalue weighted by Gasteiger charge is -2.21. The van der Waals surface area contributed by atoms with Gasteiger partial charge in [-0.2, -0.15) is 5.26 Å². The predicted molar refractivity (Wildman–Crippen MR) is 124 cm³/mol. The first-order chi connectivity index (χ1) is 15.8. The van der Waals surface area contributed by atoms with Crippen molar-refractivity contribution < 1.29 is 14.3 Å². The van der Waals surface area contributed by atoms with Crippen LogP contribution in [0.5, 0.6) is 5.75 Å². The number of carbonyl (C=O) groups is 2. The van der Waals surface area contributed by atoms with Crippen LogP contribution in [0.15, 0.2) is 47.4 Å². The van der Waals surface area contributed by atoms with Gasteiger partial charge < -0.3 is 25.3 Å². The van der Waals surface area contributed by atoms with Gasteiger partial charge in [-0.25, -0.2) is 0 Å². The quantitative estimate of drug-likeness (QED) is 0.397. The van der Waals surface area contributed by atoms with Crippen molar-refractivity contribution in [2.75, 3.05) is 7.11 Å². The Morgan fingerprint density at radius 1 is 1.18 bits per heavy atom. The second-order valence-corrected chi connectivity index (χ2v) is 8.18. The standard InChI is InChI=1S/C24H27N5O4/c1-14(2)10-19(23(31)27-16(13-25)11-15-6-5-9-26-22(15)30)29-24(32)20-12-17-18(28-20)7-4-8-21(17)33-3/h4-9,12,14,16,19,28H,10-11H2,1-3H3,(H,26,30)(H,27,31)(H,29,32)/t16-,19-/m0/s1. The highest BCUT2D eigenvalue weighted by molar-refractivity contribution is 6.01. The highest BCUT2D eigenvalue weighted by Crippen LogP contribution is 2.26. The number of amides is 2. The third-order valence-corrected chi connectivity index (χ3v) is 5.21. The number of hydrogen-bond donors (Lipinski definition) is 4. The van der Waals surface area contributed by atoms with Gasteiger partial charge in [-0.1, -0.05) is 26.0 Å². The number of benzene rings is 1. The van der Waals surface area contributed by atoms with Crippen LogP contribution in [0.1, 0.15) is 36.3 Å². The Morgan fingerprint density at radius 3 is 2.64 bits per heavy atom. The molecule has 9 nitrogen and oxygen atoms in total. The zero-order valence-corrected chi connectivity index (χ0v) is 18.8. The Labute approximate surface area is 191 Å². The van der Waals surface area contributed by atoms with E-state index in [1.165, 1.54) is 6.20 Å². The topological polar surface area (TPSA) is 140 Å². The first-order valence-electron chi connectivity index (χ1n) is 10.7. The van der Waals surface area contributed by atoms with E-state index in [0.717, 1.165) is 10.9 Å². The summed E-state index contributed by atoms with van der Waals surface area (Å²) in [6, 6.07) is 10.6. The number of methoxy groups -OCH3 is 1. The lowest BCUT2D eigenvalue weighted by molar-refractivity contribution is -0.123. The summed E-state index contributed by atoms with van der Waals surface area (Å²) in [7, 11) is 1.55. The molecule has 0 aliphatic heterocycles. The van der Waals surface area contributed by atoms with Gasteiger partial charge in [-0.05, 0) is 36.6 Å². The molecule has 0 unspecified atom stereocenters. The largest absolute Gasteiger partial charge is 0.496 e. The number of pyridine rings is 1. The van der Waals surface area contributed by atoms with Crippen molar-refractivity contribution in [3.05, 3.63) is 64.2 Å². The van der Waals surface area contributed by atoms with Crippen LogP contribution in [0.4, 0.5) is 0 Å². The summed E-state index contributed by atoms with van der Waals surface area (Å²) in [5, 5.41) is 15.7. The van der Waals surface area contributed by atoms with E-state index in [1.54, 1.807) is 31.4 Å². The summed E-state index contributed by atoms with van der Waals surface area (Å²) in [6.07, 6.45) is 1.94. The number of ether oxygens (including phenoxy) is 1. The van der Waals surface area contributed by atoms with Crippen LogP contribution >= 0.6 is 0 Å². The third-order valence-electron chi connectivity index (χ3n) is 5.21. The monoisotopic (exact) mass is 449 g/mol. The van der Waals surface area contributed by atoms with Crippen LogP contribution in [0.25, 0.3) is 10.9 Å². The lowest BCUT2D eigenvalue weighted by atomic mass is 10.0. The fourth-order valence-corrected chi connectivity index (χ4v) is 3.60. The first-order valence-corrected chi connectivity index (χ1v) is 10.7. The van der Waals surface area contributed by atoms with E-state index in [4.69, 9.17) is 4.74 Å². The maximum atomic E-state index is 13.0. The molecule has 2 atom stereocenters. The number of fused-ring (bicyclic) bond motifs is 1.